The van der Waals surface area contributed by atoms with E-state index in [0.717, 1.165) is 5.56 Å². The molecule has 1 aliphatic rings. The van der Waals surface area contributed by atoms with Crippen LogP contribution in [0.3, 0.4) is 0 Å². The second-order valence-electron chi connectivity index (χ2n) is 8.09. The van der Waals surface area contributed by atoms with Crippen molar-refractivity contribution in [2.45, 2.75) is 26.2 Å². The van der Waals surface area contributed by atoms with Crippen LogP contribution in [0.1, 0.15) is 35.2 Å². The molecule has 174 valence electrons. The molecule has 2 aromatic carbocycles. The third-order valence-electron chi connectivity index (χ3n) is 5.44. The van der Waals surface area contributed by atoms with Crippen LogP contribution >= 0.6 is 0 Å². The normalized spacial score (nSPS) is 15.4. The molecule has 33 heavy (non-hydrogen) atoms. The van der Waals surface area contributed by atoms with E-state index in [9.17, 15) is 19.2 Å². The summed E-state index contributed by atoms with van der Waals surface area (Å²) < 4.78 is 0. The maximum absolute atomic E-state index is 13.0. The summed E-state index contributed by atoms with van der Waals surface area (Å²) in [4.78, 5) is 50.6. The van der Waals surface area contributed by atoms with E-state index in [0.29, 0.717) is 36.3 Å². The Labute approximate surface area is 192 Å². The van der Waals surface area contributed by atoms with Crippen LogP contribution in [-0.2, 0) is 9.59 Å². The zero-order chi connectivity index (χ0) is 23.8. The first kappa shape index (κ1) is 23.8. The van der Waals surface area contributed by atoms with Crippen molar-refractivity contribution < 1.29 is 19.2 Å². The number of nitrogens with zero attached hydrogens (tertiary/aromatic N) is 1. The van der Waals surface area contributed by atoms with Gasteiger partial charge in [0, 0.05) is 31.7 Å². The quantitative estimate of drug-likeness (QED) is 0.514. The van der Waals surface area contributed by atoms with Crippen molar-refractivity contribution in [1.29, 1.82) is 0 Å². The molecule has 9 nitrogen and oxygen atoms in total. The third kappa shape index (κ3) is 6.80. The number of benzene rings is 2. The van der Waals surface area contributed by atoms with Gasteiger partial charge in [0.15, 0.2) is 0 Å². The van der Waals surface area contributed by atoms with Crippen LogP contribution in [0.15, 0.2) is 48.5 Å². The summed E-state index contributed by atoms with van der Waals surface area (Å²) in [5, 5.41) is 8.33. The topological polar surface area (TPSA) is 134 Å². The number of rotatable bonds is 7. The number of carbonyl (C=O) groups is 4. The molecule has 5 amide bonds. The van der Waals surface area contributed by atoms with Gasteiger partial charge in [-0.3, -0.25) is 14.4 Å². The smallest absolute Gasteiger partial charge is 0.321 e. The van der Waals surface area contributed by atoms with Crippen molar-refractivity contribution in [2.75, 3.05) is 30.3 Å². The SMILES string of the molecule is Cc1cccc(NC(=O)N2CCCC(C(=O)Nc3ccccc3C(=O)NCCC(N)=O)C2)c1. The number of likely N-dealkylation sites (tertiary alicyclic amines) is 1. The zero-order valence-electron chi connectivity index (χ0n) is 18.6. The summed E-state index contributed by atoms with van der Waals surface area (Å²) in [5.41, 5.74) is 7.52. The molecule has 1 saturated heterocycles. The maximum atomic E-state index is 13.0. The summed E-state index contributed by atoms with van der Waals surface area (Å²) >= 11 is 0. The van der Waals surface area contributed by atoms with E-state index in [2.05, 4.69) is 16.0 Å². The molecular formula is C24H29N5O4. The van der Waals surface area contributed by atoms with Crippen LogP contribution in [0.25, 0.3) is 0 Å². The van der Waals surface area contributed by atoms with Crippen LogP contribution in [-0.4, -0.2) is 48.3 Å². The largest absolute Gasteiger partial charge is 0.370 e. The number of nitrogens with one attached hydrogen (secondary N) is 3. The molecule has 0 radical (unpaired) electrons. The van der Waals surface area contributed by atoms with Gasteiger partial charge >= 0.3 is 6.03 Å². The standard InChI is InChI=1S/C24H29N5O4/c1-16-6-4-8-18(14-16)27-24(33)29-13-5-7-17(15-29)22(31)28-20-10-3-2-9-19(20)23(32)26-12-11-21(25)30/h2-4,6,8-10,14,17H,5,7,11-13,15H2,1H3,(H2,25,30)(H,26,32)(H,27,33)(H,28,31). The van der Waals surface area contributed by atoms with Gasteiger partial charge in [0.25, 0.3) is 5.91 Å². The van der Waals surface area contributed by atoms with Gasteiger partial charge in [-0.2, -0.15) is 0 Å². The van der Waals surface area contributed by atoms with E-state index in [-0.39, 0.29) is 31.4 Å². The minimum absolute atomic E-state index is 0.0305. The first-order valence-corrected chi connectivity index (χ1v) is 10.9. The van der Waals surface area contributed by atoms with E-state index >= 15 is 0 Å². The Morgan fingerprint density at radius 1 is 1.06 bits per heavy atom. The lowest BCUT2D eigenvalue weighted by atomic mass is 9.97. The lowest BCUT2D eigenvalue weighted by Crippen LogP contribution is -2.45. The van der Waals surface area contributed by atoms with Crippen molar-refractivity contribution in [3.63, 3.8) is 0 Å². The summed E-state index contributed by atoms with van der Waals surface area (Å²) in [6.07, 6.45) is 1.38. The average Bonchev–Trinajstić information content (AvgIpc) is 2.79. The molecule has 1 unspecified atom stereocenters. The molecule has 1 fully saturated rings. The predicted octanol–water partition coefficient (Wildman–Crippen LogP) is 2.48. The summed E-state index contributed by atoms with van der Waals surface area (Å²) in [7, 11) is 0. The fourth-order valence-electron chi connectivity index (χ4n) is 3.72. The van der Waals surface area contributed by atoms with Gasteiger partial charge < -0.3 is 26.6 Å². The third-order valence-corrected chi connectivity index (χ3v) is 5.44. The molecule has 3 rings (SSSR count). The highest BCUT2D eigenvalue weighted by Gasteiger charge is 2.29. The lowest BCUT2D eigenvalue weighted by Gasteiger charge is -2.32. The zero-order valence-corrected chi connectivity index (χ0v) is 18.6. The van der Waals surface area contributed by atoms with Crippen LogP contribution in [0, 0.1) is 12.8 Å². The van der Waals surface area contributed by atoms with Crippen LogP contribution in [0.2, 0.25) is 0 Å². The van der Waals surface area contributed by atoms with Crippen LogP contribution in [0.5, 0.6) is 0 Å². The second kappa shape index (κ2) is 11.1. The van der Waals surface area contributed by atoms with E-state index in [4.69, 9.17) is 5.73 Å². The molecule has 5 N–H and O–H groups in total. The number of aryl methyl sites for hydroxylation is 1. The van der Waals surface area contributed by atoms with Crippen molar-refractivity contribution in [1.82, 2.24) is 10.2 Å². The van der Waals surface area contributed by atoms with Gasteiger partial charge in [-0.15, -0.1) is 0 Å². The first-order valence-electron chi connectivity index (χ1n) is 10.9. The number of primary amides is 1. The molecule has 0 aliphatic carbocycles. The average molecular weight is 452 g/mol. The van der Waals surface area contributed by atoms with Crippen LogP contribution < -0.4 is 21.7 Å². The minimum Gasteiger partial charge on any atom is -0.370 e. The fraction of sp³-hybridized carbons (Fsp3) is 0.333. The number of hydrogen-bond acceptors (Lipinski definition) is 4. The molecule has 2 aromatic rings. The second-order valence-corrected chi connectivity index (χ2v) is 8.09. The van der Waals surface area contributed by atoms with Crippen LogP contribution in [0.4, 0.5) is 16.2 Å². The van der Waals surface area contributed by atoms with Crippen molar-refractivity contribution in [3.05, 3.63) is 59.7 Å². The van der Waals surface area contributed by atoms with Gasteiger partial charge in [-0.1, -0.05) is 24.3 Å². The molecule has 0 aromatic heterocycles. The fourth-order valence-corrected chi connectivity index (χ4v) is 3.72. The maximum Gasteiger partial charge on any atom is 0.321 e. The Hall–Kier alpha value is -3.88. The molecule has 1 heterocycles. The number of para-hydroxylation sites is 1. The van der Waals surface area contributed by atoms with Gasteiger partial charge in [-0.05, 0) is 49.6 Å². The number of piperidine rings is 1. The van der Waals surface area contributed by atoms with Crippen molar-refractivity contribution >= 4 is 35.1 Å². The number of hydrogen-bond donors (Lipinski definition) is 4. The molecule has 0 bridgehead atoms. The molecule has 0 spiro atoms. The summed E-state index contributed by atoms with van der Waals surface area (Å²) in [6.45, 7) is 2.92. The van der Waals surface area contributed by atoms with Crippen molar-refractivity contribution in [3.8, 4) is 0 Å². The number of carbonyl (C=O) groups excluding carboxylic acids is 4. The Bertz CT molecular complexity index is 1040. The van der Waals surface area contributed by atoms with E-state index < -0.39 is 17.7 Å². The van der Waals surface area contributed by atoms with E-state index in [1.807, 2.05) is 31.2 Å². The van der Waals surface area contributed by atoms with Crippen molar-refractivity contribution in [2.24, 2.45) is 11.7 Å². The lowest BCUT2D eigenvalue weighted by molar-refractivity contribution is -0.121. The molecule has 0 saturated carbocycles. The van der Waals surface area contributed by atoms with Gasteiger partial charge in [0.2, 0.25) is 11.8 Å². The highest BCUT2D eigenvalue weighted by molar-refractivity contribution is 6.04. The van der Waals surface area contributed by atoms with Gasteiger partial charge in [-0.25, -0.2) is 4.79 Å². The number of anilines is 2. The molecule has 9 heteroatoms. The predicted molar refractivity (Wildman–Crippen MR) is 126 cm³/mol. The number of amides is 5. The Morgan fingerprint density at radius 2 is 1.85 bits per heavy atom. The monoisotopic (exact) mass is 451 g/mol. The van der Waals surface area contributed by atoms with Gasteiger partial charge in [0.1, 0.15) is 0 Å². The number of nitrogens with two attached hydrogens (primary N) is 1. The Balaban J connectivity index is 1.60. The van der Waals surface area contributed by atoms with E-state index in [1.54, 1.807) is 29.2 Å². The number of urea groups is 1. The summed E-state index contributed by atoms with van der Waals surface area (Å²) in [6, 6.07) is 13.9. The first-order chi connectivity index (χ1) is 15.8. The Kier molecular flexibility index (Phi) is 8.01. The highest BCUT2D eigenvalue weighted by Crippen LogP contribution is 2.22. The molecule has 1 atom stereocenters. The summed E-state index contributed by atoms with van der Waals surface area (Å²) in [5.74, 6) is -1.56. The minimum atomic E-state index is -0.509. The Morgan fingerprint density at radius 3 is 2.61 bits per heavy atom. The molecular weight excluding hydrogens is 422 g/mol. The van der Waals surface area contributed by atoms with E-state index in [1.165, 1.54) is 0 Å². The van der Waals surface area contributed by atoms with Gasteiger partial charge in [0.05, 0.1) is 17.2 Å². The highest BCUT2D eigenvalue weighted by atomic mass is 16.2. The molecule has 1 aliphatic heterocycles.